The quantitative estimate of drug-likeness (QED) is 0.125. The van der Waals surface area contributed by atoms with Crippen LogP contribution in [-0.4, -0.2) is 99.5 Å². The topological polar surface area (TPSA) is 175 Å². The molecule has 9 atom stereocenters. The van der Waals surface area contributed by atoms with E-state index in [4.69, 9.17) is 24.1 Å². The third-order valence-corrected chi connectivity index (χ3v) is 6.67. The molecule has 3 rings (SSSR count). The van der Waals surface area contributed by atoms with Gasteiger partial charge in [-0.2, -0.15) is 0 Å². The third-order valence-electron chi connectivity index (χ3n) is 6.67. The molecule has 0 spiro atoms. The van der Waals surface area contributed by atoms with E-state index in [1.807, 2.05) is 6.92 Å². The van der Waals surface area contributed by atoms with E-state index in [9.17, 15) is 30.3 Å². The van der Waals surface area contributed by atoms with Crippen molar-refractivity contribution in [2.24, 2.45) is 11.8 Å². The molecule has 0 radical (unpaired) electrons. The van der Waals surface area contributed by atoms with Crippen LogP contribution in [0.15, 0.2) is 47.3 Å². The molecule has 2 heterocycles. The number of carbonyl (C=O) groups is 1. The Balaban J connectivity index is 1.63. The van der Waals surface area contributed by atoms with Gasteiger partial charge in [-0.25, -0.2) is 4.79 Å². The maximum absolute atomic E-state index is 12.5. The standard InChI is InChI=1S/C25H36O11/c1-13(6-8-26)4-3-5-14(2)23(32)34-12-15-10-17(28)16-7-9-33-24(19(15)16)36-25-22(31)21(30)20(29)18(11-27)35-25/h5-7,9-10,16-22,24-31H,3-4,8,11-12H2,1-2H3/b13-6+,14-5+/t16-,17-,18-,19+,20-,21+,22-,24+,25+/m1/s1. The number of allylic oxidation sites excluding steroid dienone is 2. The van der Waals surface area contributed by atoms with Crippen LogP contribution in [0.2, 0.25) is 0 Å². The minimum Gasteiger partial charge on any atom is -0.472 e. The largest absolute Gasteiger partial charge is 0.472 e. The summed E-state index contributed by atoms with van der Waals surface area (Å²) in [7, 11) is 0. The van der Waals surface area contributed by atoms with Crippen LogP contribution in [0.3, 0.4) is 0 Å². The summed E-state index contributed by atoms with van der Waals surface area (Å²) in [5.74, 6) is -1.54. The fourth-order valence-electron chi connectivity index (χ4n) is 4.48. The summed E-state index contributed by atoms with van der Waals surface area (Å²) >= 11 is 0. The fourth-order valence-corrected chi connectivity index (χ4v) is 4.48. The molecule has 2 aliphatic heterocycles. The average Bonchev–Trinajstić information content (AvgIpc) is 3.19. The van der Waals surface area contributed by atoms with Crippen LogP contribution in [0.1, 0.15) is 26.7 Å². The van der Waals surface area contributed by atoms with Gasteiger partial charge in [0.05, 0.1) is 31.5 Å². The number of carbonyl (C=O) groups excluding carboxylic acids is 1. The van der Waals surface area contributed by atoms with E-state index >= 15 is 0 Å². The highest BCUT2D eigenvalue weighted by Crippen LogP contribution is 2.41. The number of esters is 1. The molecule has 0 unspecified atom stereocenters. The van der Waals surface area contributed by atoms with Crippen LogP contribution in [0.5, 0.6) is 0 Å². The van der Waals surface area contributed by atoms with Crippen molar-refractivity contribution in [1.29, 1.82) is 0 Å². The Morgan fingerprint density at radius 2 is 1.81 bits per heavy atom. The normalized spacial score (nSPS) is 36.8. The summed E-state index contributed by atoms with van der Waals surface area (Å²) in [5, 5.41) is 59.2. The van der Waals surface area contributed by atoms with Crippen LogP contribution in [0.25, 0.3) is 0 Å². The lowest BCUT2D eigenvalue weighted by molar-refractivity contribution is -0.339. The number of aliphatic hydroxyl groups is 6. The first-order valence-electron chi connectivity index (χ1n) is 11.9. The zero-order valence-electron chi connectivity index (χ0n) is 20.3. The van der Waals surface area contributed by atoms with Gasteiger partial charge in [-0.05, 0) is 38.3 Å². The number of fused-ring (bicyclic) bond motifs is 1. The number of hydrogen-bond acceptors (Lipinski definition) is 11. The molecule has 0 aromatic heterocycles. The Labute approximate surface area is 209 Å². The van der Waals surface area contributed by atoms with E-state index in [0.29, 0.717) is 24.0 Å². The highest BCUT2D eigenvalue weighted by atomic mass is 16.8. The average molecular weight is 513 g/mol. The second-order valence-corrected chi connectivity index (χ2v) is 9.24. The van der Waals surface area contributed by atoms with E-state index in [1.54, 1.807) is 31.2 Å². The molecule has 0 aromatic carbocycles. The zero-order valence-corrected chi connectivity index (χ0v) is 20.3. The van der Waals surface area contributed by atoms with Gasteiger partial charge < -0.3 is 49.6 Å². The highest BCUT2D eigenvalue weighted by Gasteiger charge is 2.49. The lowest BCUT2D eigenvalue weighted by Crippen LogP contribution is -2.60. The second kappa shape index (κ2) is 12.9. The van der Waals surface area contributed by atoms with Crippen molar-refractivity contribution in [3.05, 3.63) is 47.3 Å². The van der Waals surface area contributed by atoms with Gasteiger partial charge in [0.2, 0.25) is 6.29 Å². The zero-order chi connectivity index (χ0) is 26.4. The first kappa shape index (κ1) is 28.5. The molecule has 0 amide bonds. The smallest absolute Gasteiger partial charge is 0.333 e. The Bertz CT molecular complexity index is 877. The van der Waals surface area contributed by atoms with E-state index in [1.165, 1.54) is 6.26 Å². The molecule has 3 aliphatic rings. The minimum absolute atomic E-state index is 0.0281. The molecule has 1 aliphatic carbocycles. The molecule has 0 saturated carbocycles. The van der Waals surface area contributed by atoms with Crippen molar-refractivity contribution in [1.82, 2.24) is 0 Å². The Morgan fingerprint density at radius 3 is 2.50 bits per heavy atom. The minimum atomic E-state index is -1.61. The van der Waals surface area contributed by atoms with Crippen molar-refractivity contribution in [3.8, 4) is 0 Å². The summed E-state index contributed by atoms with van der Waals surface area (Å²) < 4.78 is 22.2. The van der Waals surface area contributed by atoms with Crippen molar-refractivity contribution in [3.63, 3.8) is 0 Å². The maximum Gasteiger partial charge on any atom is 0.333 e. The Kier molecular flexibility index (Phi) is 10.2. The van der Waals surface area contributed by atoms with Gasteiger partial charge in [-0.3, -0.25) is 0 Å². The molecule has 11 heteroatoms. The van der Waals surface area contributed by atoms with Crippen LogP contribution in [0.4, 0.5) is 0 Å². The second-order valence-electron chi connectivity index (χ2n) is 9.24. The van der Waals surface area contributed by atoms with Gasteiger partial charge in [0.15, 0.2) is 6.29 Å². The molecule has 6 N–H and O–H groups in total. The summed E-state index contributed by atoms with van der Waals surface area (Å²) in [6, 6.07) is 0. The molecule has 1 saturated heterocycles. The molecule has 36 heavy (non-hydrogen) atoms. The monoisotopic (exact) mass is 512 g/mol. The van der Waals surface area contributed by atoms with Crippen molar-refractivity contribution in [2.75, 3.05) is 19.8 Å². The highest BCUT2D eigenvalue weighted by molar-refractivity contribution is 5.87. The van der Waals surface area contributed by atoms with Gasteiger partial charge in [0.25, 0.3) is 0 Å². The number of aliphatic hydroxyl groups excluding tert-OH is 6. The van der Waals surface area contributed by atoms with E-state index in [-0.39, 0.29) is 13.2 Å². The van der Waals surface area contributed by atoms with Crippen molar-refractivity contribution in [2.45, 2.75) is 69.8 Å². The third kappa shape index (κ3) is 6.61. The van der Waals surface area contributed by atoms with Crippen LogP contribution in [-0.2, 0) is 23.7 Å². The first-order valence-corrected chi connectivity index (χ1v) is 11.9. The summed E-state index contributed by atoms with van der Waals surface area (Å²) in [5.41, 5.74) is 1.99. The number of rotatable bonds is 10. The van der Waals surface area contributed by atoms with Gasteiger partial charge in [-0.1, -0.05) is 23.8 Å². The van der Waals surface area contributed by atoms with Gasteiger partial charge in [0, 0.05) is 11.5 Å². The van der Waals surface area contributed by atoms with Gasteiger partial charge in [0.1, 0.15) is 31.0 Å². The predicted octanol–water partition coefficient (Wildman–Crippen LogP) is -0.585. The molecular formula is C25H36O11. The molecule has 1 fully saturated rings. The first-order chi connectivity index (χ1) is 17.2. The predicted molar refractivity (Wildman–Crippen MR) is 125 cm³/mol. The van der Waals surface area contributed by atoms with E-state index < -0.39 is 67.5 Å². The van der Waals surface area contributed by atoms with Crippen molar-refractivity contribution < 1.29 is 54.4 Å². The Morgan fingerprint density at radius 1 is 1.06 bits per heavy atom. The molecule has 0 bridgehead atoms. The van der Waals surface area contributed by atoms with Crippen LogP contribution >= 0.6 is 0 Å². The van der Waals surface area contributed by atoms with Gasteiger partial charge in [-0.15, -0.1) is 0 Å². The number of ether oxygens (including phenoxy) is 4. The van der Waals surface area contributed by atoms with Gasteiger partial charge >= 0.3 is 5.97 Å². The lowest BCUT2D eigenvalue weighted by atomic mass is 9.88. The fraction of sp³-hybridized carbons (Fsp3) is 0.640. The molecular weight excluding hydrogens is 476 g/mol. The summed E-state index contributed by atoms with van der Waals surface area (Å²) in [6.45, 7) is 2.78. The van der Waals surface area contributed by atoms with Crippen LogP contribution < -0.4 is 0 Å². The van der Waals surface area contributed by atoms with Crippen LogP contribution in [0, 0.1) is 11.8 Å². The lowest BCUT2D eigenvalue weighted by Gasteiger charge is -2.42. The Hall–Kier alpha value is -2.09. The van der Waals surface area contributed by atoms with Crippen molar-refractivity contribution >= 4 is 5.97 Å². The van der Waals surface area contributed by atoms with E-state index in [2.05, 4.69) is 0 Å². The number of hydrogen-bond donors (Lipinski definition) is 6. The summed E-state index contributed by atoms with van der Waals surface area (Å²) in [4.78, 5) is 12.5. The summed E-state index contributed by atoms with van der Waals surface area (Å²) in [6.07, 6.45) is 0.0670. The molecule has 0 aromatic rings. The molecule has 11 nitrogen and oxygen atoms in total. The van der Waals surface area contributed by atoms with E-state index in [0.717, 1.165) is 5.57 Å². The maximum atomic E-state index is 12.5. The SMILES string of the molecule is C/C(=C\CO)CC/C=C(\C)C(=O)OCC1=C[C@@H](O)[C@H]2C=CO[C@@H](O[C@@H]3O[C@H](CO)[C@@H](O)[C@H](O)[C@H]3O)[C@@H]12. The molecule has 202 valence electrons.